The van der Waals surface area contributed by atoms with Gasteiger partial charge < -0.3 is 4.57 Å². The summed E-state index contributed by atoms with van der Waals surface area (Å²) < 4.78 is 1.93. The van der Waals surface area contributed by atoms with Crippen molar-refractivity contribution < 1.29 is 0 Å². The molecular weight excluding hydrogens is 166 g/mol. The van der Waals surface area contributed by atoms with Gasteiger partial charge >= 0.3 is 0 Å². The van der Waals surface area contributed by atoms with E-state index in [2.05, 4.69) is 10.2 Å². The average Bonchev–Trinajstić information content (AvgIpc) is 2.53. The Bertz CT molecular complexity index is 449. The highest BCUT2D eigenvalue weighted by Gasteiger charge is 1.99. The number of H-pyrrole nitrogens is 1. The number of nitrogens with one attached hydrogen (secondary N) is 1. The summed E-state index contributed by atoms with van der Waals surface area (Å²) in [7, 11) is 1.94. The van der Waals surface area contributed by atoms with Gasteiger partial charge in [-0.2, -0.15) is 5.10 Å². The number of aromatic nitrogens is 3. The highest BCUT2D eigenvalue weighted by molar-refractivity contribution is 5.56. The van der Waals surface area contributed by atoms with Crippen LogP contribution in [0.4, 0.5) is 0 Å². The van der Waals surface area contributed by atoms with Crippen molar-refractivity contribution in [2.24, 2.45) is 7.05 Å². The van der Waals surface area contributed by atoms with Gasteiger partial charge in [-0.1, -0.05) is 0 Å². The number of nitrogens with zero attached hydrogens (tertiary/aromatic N) is 2. The summed E-state index contributed by atoms with van der Waals surface area (Å²) in [5.41, 5.74) is 1.60. The van der Waals surface area contributed by atoms with Crippen molar-refractivity contribution in [3.8, 4) is 11.3 Å². The smallest absolute Gasteiger partial charge is 0.264 e. The van der Waals surface area contributed by atoms with E-state index in [4.69, 9.17) is 0 Å². The molecule has 13 heavy (non-hydrogen) atoms. The topological polar surface area (TPSA) is 50.7 Å². The first-order valence-electron chi connectivity index (χ1n) is 3.94. The second-order valence-electron chi connectivity index (χ2n) is 2.87. The third-order valence-electron chi connectivity index (χ3n) is 1.81. The fourth-order valence-electron chi connectivity index (χ4n) is 1.16. The number of hydrogen-bond donors (Lipinski definition) is 1. The monoisotopic (exact) mass is 175 g/mol. The molecule has 0 unspecified atom stereocenters. The van der Waals surface area contributed by atoms with Crippen LogP contribution in [-0.2, 0) is 7.05 Å². The Morgan fingerprint density at radius 2 is 2.23 bits per heavy atom. The van der Waals surface area contributed by atoms with Crippen LogP contribution in [0.1, 0.15) is 0 Å². The molecule has 2 aromatic rings. The van der Waals surface area contributed by atoms with E-state index in [9.17, 15) is 4.79 Å². The van der Waals surface area contributed by atoms with Gasteiger partial charge in [0.25, 0.3) is 5.56 Å². The number of aryl methyl sites for hydroxylation is 1. The first-order chi connectivity index (χ1) is 6.25. The highest BCUT2D eigenvalue weighted by atomic mass is 16.1. The summed E-state index contributed by atoms with van der Waals surface area (Å²) in [4.78, 5) is 10.7. The maximum Gasteiger partial charge on any atom is 0.264 e. The molecule has 0 radical (unpaired) electrons. The van der Waals surface area contributed by atoms with Gasteiger partial charge in [0.15, 0.2) is 0 Å². The van der Waals surface area contributed by atoms with Gasteiger partial charge in [0, 0.05) is 31.1 Å². The average molecular weight is 175 g/mol. The van der Waals surface area contributed by atoms with Gasteiger partial charge in [0.05, 0.1) is 5.69 Å². The minimum atomic E-state index is -0.181. The molecule has 0 aliphatic rings. The summed E-state index contributed by atoms with van der Waals surface area (Å²) >= 11 is 0. The van der Waals surface area contributed by atoms with Crippen molar-refractivity contribution in [3.63, 3.8) is 0 Å². The molecule has 0 spiro atoms. The molecular formula is C9H9N3O. The minimum Gasteiger partial charge on any atom is -0.357 e. The second kappa shape index (κ2) is 2.90. The first kappa shape index (κ1) is 7.79. The molecule has 4 nitrogen and oxygen atoms in total. The molecule has 0 fully saturated rings. The fourth-order valence-corrected chi connectivity index (χ4v) is 1.16. The van der Waals surface area contributed by atoms with Crippen LogP contribution in [0.25, 0.3) is 11.3 Å². The van der Waals surface area contributed by atoms with E-state index in [1.54, 1.807) is 6.07 Å². The third-order valence-corrected chi connectivity index (χ3v) is 1.81. The molecule has 2 aromatic heterocycles. The Hall–Kier alpha value is -1.84. The van der Waals surface area contributed by atoms with E-state index < -0.39 is 0 Å². The largest absolute Gasteiger partial charge is 0.357 e. The van der Waals surface area contributed by atoms with Gasteiger partial charge in [-0.25, -0.2) is 5.10 Å². The van der Waals surface area contributed by atoms with Gasteiger partial charge in [0.2, 0.25) is 0 Å². The van der Waals surface area contributed by atoms with Crippen molar-refractivity contribution in [2.75, 3.05) is 0 Å². The molecule has 0 aliphatic heterocycles. The summed E-state index contributed by atoms with van der Waals surface area (Å²) in [6.45, 7) is 0. The Kier molecular flexibility index (Phi) is 1.73. The lowest BCUT2D eigenvalue weighted by atomic mass is 10.2. The van der Waals surface area contributed by atoms with Crippen LogP contribution in [0.15, 0.2) is 35.4 Å². The van der Waals surface area contributed by atoms with Crippen molar-refractivity contribution >= 4 is 0 Å². The molecule has 0 amide bonds. The minimum absolute atomic E-state index is 0.181. The Morgan fingerprint density at radius 3 is 2.77 bits per heavy atom. The molecule has 0 saturated carbocycles. The Morgan fingerprint density at radius 1 is 1.38 bits per heavy atom. The molecule has 0 aliphatic carbocycles. The first-order valence-corrected chi connectivity index (χ1v) is 3.94. The van der Waals surface area contributed by atoms with E-state index in [0.29, 0.717) is 0 Å². The van der Waals surface area contributed by atoms with Crippen molar-refractivity contribution in [3.05, 3.63) is 40.9 Å². The van der Waals surface area contributed by atoms with Crippen molar-refractivity contribution in [1.82, 2.24) is 14.8 Å². The predicted octanol–water partition coefficient (Wildman–Crippen LogP) is 0.775. The lowest BCUT2D eigenvalue weighted by Gasteiger charge is -1.93. The van der Waals surface area contributed by atoms with Crippen molar-refractivity contribution in [1.29, 1.82) is 0 Å². The molecule has 0 bridgehead atoms. The van der Waals surface area contributed by atoms with Gasteiger partial charge in [-0.3, -0.25) is 4.79 Å². The predicted molar refractivity (Wildman–Crippen MR) is 49.3 cm³/mol. The standard InChI is InChI=1S/C9H9N3O/c1-12-5-4-7(6-12)8-2-3-9(13)11-10-8/h2-6H,1H3,(H,11,13). The van der Waals surface area contributed by atoms with Crippen LogP contribution >= 0.6 is 0 Å². The van der Waals surface area contributed by atoms with E-state index in [1.807, 2.05) is 30.1 Å². The van der Waals surface area contributed by atoms with Gasteiger partial charge in [-0.15, -0.1) is 0 Å². The zero-order chi connectivity index (χ0) is 9.26. The maximum atomic E-state index is 10.7. The molecule has 66 valence electrons. The van der Waals surface area contributed by atoms with Crippen LogP contribution in [0, 0.1) is 0 Å². The second-order valence-corrected chi connectivity index (χ2v) is 2.87. The highest BCUT2D eigenvalue weighted by Crippen LogP contribution is 2.13. The van der Waals surface area contributed by atoms with Gasteiger partial charge in [0.1, 0.15) is 0 Å². The van der Waals surface area contributed by atoms with Gasteiger partial charge in [-0.05, 0) is 12.1 Å². The third kappa shape index (κ3) is 1.51. The van der Waals surface area contributed by atoms with E-state index in [0.717, 1.165) is 11.3 Å². The molecule has 0 saturated heterocycles. The number of rotatable bonds is 1. The van der Waals surface area contributed by atoms with Crippen LogP contribution in [0.2, 0.25) is 0 Å². The van der Waals surface area contributed by atoms with E-state index in [1.165, 1.54) is 6.07 Å². The quantitative estimate of drug-likeness (QED) is 0.696. The number of aromatic amines is 1. The van der Waals surface area contributed by atoms with Crippen LogP contribution in [0.5, 0.6) is 0 Å². The molecule has 4 heteroatoms. The maximum absolute atomic E-state index is 10.7. The van der Waals surface area contributed by atoms with E-state index >= 15 is 0 Å². The molecule has 0 atom stereocenters. The Balaban J connectivity index is 2.47. The Labute approximate surface area is 74.8 Å². The lowest BCUT2D eigenvalue weighted by molar-refractivity contribution is 0.926. The van der Waals surface area contributed by atoms with Crippen LogP contribution < -0.4 is 5.56 Å². The summed E-state index contributed by atoms with van der Waals surface area (Å²) in [5, 5.41) is 6.30. The van der Waals surface area contributed by atoms with Crippen LogP contribution in [-0.4, -0.2) is 14.8 Å². The normalized spacial score (nSPS) is 10.2. The zero-order valence-corrected chi connectivity index (χ0v) is 7.19. The molecule has 0 aromatic carbocycles. The SMILES string of the molecule is Cn1ccc(-c2ccc(=O)[nH]n2)c1. The van der Waals surface area contributed by atoms with Crippen molar-refractivity contribution in [2.45, 2.75) is 0 Å². The lowest BCUT2D eigenvalue weighted by Crippen LogP contribution is -2.05. The molecule has 2 rings (SSSR count). The summed E-state index contributed by atoms with van der Waals surface area (Å²) in [6.07, 6.45) is 3.88. The molecule has 1 N–H and O–H groups in total. The van der Waals surface area contributed by atoms with E-state index in [-0.39, 0.29) is 5.56 Å². The summed E-state index contributed by atoms with van der Waals surface area (Å²) in [5.74, 6) is 0. The van der Waals surface area contributed by atoms with Crippen LogP contribution in [0.3, 0.4) is 0 Å². The fraction of sp³-hybridized carbons (Fsp3) is 0.111. The zero-order valence-electron chi connectivity index (χ0n) is 7.19. The molecule has 2 heterocycles. The number of hydrogen-bond acceptors (Lipinski definition) is 2. The summed E-state index contributed by atoms with van der Waals surface area (Å²) in [6, 6.07) is 5.12.